The van der Waals surface area contributed by atoms with E-state index in [0.29, 0.717) is 23.8 Å². The molecule has 4 aromatic rings. The van der Waals surface area contributed by atoms with Gasteiger partial charge in [0.05, 0.1) is 29.7 Å². The minimum Gasteiger partial charge on any atom is -0.326 e. The van der Waals surface area contributed by atoms with Gasteiger partial charge in [0.15, 0.2) is 5.82 Å². The van der Waals surface area contributed by atoms with Crippen LogP contribution in [0.1, 0.15) is 28.9 Å². The Morgan fingerprint density at radius 2 is 2.00 bits per heavy atom. The number of anilines is 2. The smallest absolute Gasteiger partial charge is 0.326 e. The Bertz CT molecular complexity index is 1450. The number of rotatable bonds is 5. The Balaban J connectivity index is 1.42. The normalized spacial score (nSPS) is 15.8. The first-order valence-corrected chi connectivity index (χ1v) is 11.2. The van der Waals surface area contributed by atoms with Gasteiger partial charge in [0.25, 0.3) is 5.91 Å². The summed E-state index contributed by atoms with van der Waals surface area (Å²) in [5.41, 5.74) is -0.181. The number of carbonyl (C=O) groups is 1. The Morgan fingerprint density at radius 1 is 1.19 bits per heavy atom. The number of amides is 1. The highest BCUT2D eigenvalue weighted by molar-refractivity contribution is 6.32. The molecular weight excluding hydrogens is 499 g/mol. The number of hydrogen-bond donors (Lipinski definition) is 1. The minimum absolute atomic E-state index is 0.0842. The number of fused-ring (bicyclic) bond motifs is 1. The molecule has 1 N–H and O–H groups in total. The topological polar surface area (TPSA) is 107 Å². The number of pyridine rings is 1. The quantitative estimate of drug-likeness (QED) is 0.427. The summed E-state index contributed by atoms with van der Waals surface area (Å²) < 4.78 is 42.5. The van der Waals surface area contributed by atoms with Crippen molar-refractivity contribution in [3.8, 4) is 11.4 Å². The lowest BCUT2D eigenvalue weighted by Gasteiger charge is -2.33. The van der Waals surface area contributed by atoms with E-state index >= 15 is 0 Å². The molecule has 0 saturated heterocycles. The number of imidazole rings is 1. The van der Waals surface area contributed by atoms with Crippen LogP contribution in [0.2, 0.25) is 5.02 Å². The monoisotopic (exact) mass is 517 g/mol. The number of halogens is 4. The van der Waals surface area contributed by atoms with Crippen LogP contribution in [0.4, 0.5) is 24.9 Å². The predicted molar refractivity (Wildman–Crippen MR) is 123 cm³/mol. The zero-order valence-corrected chi connectivity index (χ0v) is 19.8. The van der Waals surface area contributed by atoms with Crippen molar-refractivity contribution < 1.29 is 18.0 Å². The fourth-order valence-corrected chi connectivity index (χ4v) is 4.09. The lowest BCUT2D eigenvalue weighted by Crippen LogP contribution is -2.46. The second-order valence-corrected chi connectivity index (χ2v) is 8.66. The number of carbonyl (C=O) groups excluding carboxylic acids is 1. The van der Waals surface area contributed by atoms with E-state index in [1.807, 2.05) is 6.92 Å². The first-order chi connectivity index (χ1) is 17.1. The molecule has 0 fully saturated rings. The second-order valence-electron chi connectivity index (χ2n) is 8.25. The van der Waals surface area contributed by atoms with Crippen molar-refractivity contribution in [1.82, 2.24) is 39.2 Å². The highest BCUT2D eigenvalue weighted by atomic mass is 35.5. The Kier molecular flexibility index (Phi) is 5.86. The average Bonchev–Trinajstić information content (AvgIpc) is 3.43. The molecular formula is C22H19ClF3N9O. The Labute approximate surface area is 207 Å². The summed E-state index contributed by atoms with van der Waals surface area (Å²) in [6.45, 7) is 2.11. The highest BCUT2D eigenvalue weighted by Gasteiger charge is 2.35. The van der Waals surface area contributed by atoms with Crippen molar-refractivity contribution in [2.24, 2.45) is 7.05 Å². The largest absolute Gasteiger partial charge is 0.433 e. The van der Waals surface area contributed by atoms with Gasteiger partial charge in [-0.15, -0.1) is 0 Å². The first-order valence-electron chi connectivity index (χ1n) is 10.8. The fourth-order valence-electron chi connectivity index (χ4n) is 3.90. The van der Waals surface area contributed by atoms with Crippen LogP contribution >= 0.6 is 11.6 Å². The maximum absolute atomic E-state index is 13.3. The SMILES string of the molecule is C[C@H]1Cn2cc(-c3nc(Nc4ccnn4C)ncc3Cl)nc2C(=O)N1Cc1cccc(C(F)(F)F)n1. The molecule has 1 atom stereocenters. The van der Waals surface area contributed by atoms with Gasteiger partial charge >= 0.3 is 6.18 Å². The molecule has 0 aromatic carbocycles. The minimum atomic E-state index is -4.57. The van der Waals surface area contributed by atoms with Gasteiger partial charge in [0.1, 0.15) is 22.9 Å². The third kappa shape index (κ3) is 4.49. The van der Waals surface area contributed by atoms with Crippen molar-refractivity contribution >= 4 is 29.3 Å². The van der Waals surface area contributed by atoms with Gasteiger partial charge in [-0.3, -0.25) is 9.48 Å². The number of nitrogens with zero attached hydrogens (tertiary/aromatic N) is 8. The fraction of sp³-hybridized carbons (Fsp3) is 0.273. The highest BCUT2D eigenvalue weighted by Crippen LogP contribution is 2.30. The third-order valence-electron chi connectivity index (χ3n) is 5.70. The van der Waals surface area contributed by atoms with E-state index < -0.39 is 17.8 Å². The van der Waals surface area contributed by atoms with Crippen LogP contribution in [-0.2, 0) is 26.3 Å². The van der Waals surface area contributed by atoms with E-state index in [4.69, 9.17) is 11.6 Å². The van der Waals surface area contributed by atoms with Crippen molar-refractivity contribution in [3.63, 3.8) is 0 Å². The molecule has 5 heterocycles. The molecule has 0 bridgehead atoms. The second kappa shape index (κ2) is 8.90. The van der Waals surface area contributed by atoms with E-state index in [1.165, 1.54) is 23.2 Å². The van der Waals surface area contributed by atoms with Crippen LogP contribution in [0.15, 0.2) is 42.9 Å². The number of nitrogens with one attached hydrogen (secondary N) is 1. The van der Waals surface area contributed by atoms with Crippen LogP contribution in [0.25, 0.3) is 11.4 Å². The molecule has 0 spiro atoms. The summed E-state index contributed by atoms with van der Waals surface area (Å²) in [5, 5.41) is 7.36. The molecule has 1 aliphatic heterocycles. The number of alkyl halides is 3. The van der Waals surface area contributed by atoms with Crippen LogP contribution < -0.4 is 5.32 Å². The molecule has 36 heavy (non-hydrogen) atoms. The van der Waals surface area contributed by atoms with Gasteiger partial charge in [-0.05, 0) is 19.1 Å². The first kappa shape index (κ1) is 23.7. The lowest BCUT2D eigenvalue weighted by molar-refractivity contribution is -0.141. The summed E-state index contributed by atoms with van der Waals surface area (Å²) in [5.74, 6) is 0.625. The van der Waals surface area contributed by atoms with Gasteiger partial charge in [-0.25, -0.2) is 19.9 Å². The van der Waals surface area contributed by atoms with Crippen molar-refractivity contribution in [2.45, 2.75) is 32.2 Å². The summed E-state index contributed by atoms with van der Waals surface area (Å²) >= 11 is 6.35. The van der Waals surface area contributed by atoms with Gasteiger partial charge < -0.3 is 14.8 Å². The zero-order chi connectivity index (χ0) is 25.6. The number of aryl methyl sites for hydroxylation is 1. The van der Waals surface area contributed by atoms with E-state index in [0.717, 1.165) is 6.07 Å². The van der Waals surface area contributed by atoms with E-state index in [2.05, 4.69) is 30.4 Å². The van der Waals surface area contributed by atoms with Crippen LogP contribution in [-0.4, -0.2) is 51.1 Å². The lowest BCUT2D eigenvalue weighted by atomic mass is 10.2. The maximum atomic E-state index is 13.3. The Hall–Kier alpha value is -4.00. The molecule has 0 saturated carbocycles. The van der Waals surface area contributed by atoms with Crippen LogP contribution in [0, 0.1) is 0 Å². The van der Waals surface area contributed by atoms with E-state index in [1.54, 1.807) is 34.8 Å². The summed E-state index contributed by atoms with van der Waals surface area (Å²) in [6.07, 6.45) is 0.151. The molecule has 186 valence electrons. The molecule has 14 heteroatoms. The van der Waals surface area contributed by atoms with Gasteiger partial charge in [-0.1, -0.05) is 17.7 Å². The van der Waals surface area contributed by atoms with Gasteiger partial charge in [0, 0.05) is 31.9 Å². The summed E-state index contributed by atoms with van der Waals surface area (Å²) in [7, 11) is 1.76. The van der Waals surface area contributed by atoms with Gasteiger partial charge in [-0.2, -0.15) is 18.3 Å². The molecule has 1 amide bonds. The summed E-state index contributed by atoms with van der Waals surface area (Å²) in [6, 6.07) is 5.07. The number of hydrogen-bond acceptors (Lipinski definition) is 7. The predicted octanol–water partition coefficient (Wildman–Crippen LogP) is 3.93. The van der Waals surface area contributed by atoms with E-state index in [-0.39, 0.29) is 35.1 Å². The van der Waals surface area contributed by atoms with Crippen LogP contribution in [0.5, 0.6) is 0 Å². The van der Waals surface area contributed by atoms with E-state index in [9.17, 15) is 18.0 Å². The Morgan fingerprint density at radius 3 is 2.72 bits per heavy atom. The summed E-state index contributed by atoms with van der Waals surface area (Å²) in [4.78, 5) is 31.5. The van der Waals surface area contributed by atoms with Crippen molar-refractivity contribution in [1.29, 1.82) is 0 Å². The van der Waals surface area contributed by atoms with Crippen molar-refractivity contribution in [2.75, 3.05) is 5.32 Å². The van der Waals surface area contributed by atoms with Crippen molar-refractivity contribution in [3.05, 3.63) is 65.1 Å². The standard InChI is InChI=1S/C22H19ClF3N9O/c1-12-9-34-11-15(18-14(23)8-27-21(32-18)31-17-6-7-28-33(17)2)30-19(34)20(36)35(12)10-13-4-3-5-16(29-13)22(24,25)26/h3-8,11-12H,9-10H2,1-2H3,(H,27,31,32)/t12-/m0/s1. The molecule has 1 aliphatic rings. The molecule has 10 nitrogen and oxygen atoms in total. The molecule has 5 rings (SSSR count). The number of aromatic nitrogens is 7. The maximum Gasteiger partial charge on any atom is 0.433 e. The zero-order valence-electron chi connectivity index (χ0n) is 19.0. The molecule has 0 unspecified atom stereocenters. The molecule has 0 aliphatic carbocycles. The average molecular weight is 518 g/mol. The third-order valence-corrected chi connectivity index (χ3v) is 5.98. The van der Waals surface area contributed by atoms with Gasteiger partial charge in [0.2, 0.25) is 5.95 Å². The molecule has 0 radical (unpaired) electrons. The molecule has 4 aromatic heterocycles. The van der Waals surface area contributed by atoms with Crippen LogP contribution in [0.3, 0.4) is 0 Å².